The summed E-state index contributed by atoms with van der Waals surface area (Å²) in [5.74, 6) is -0.214. The third-order valence-corrected chi connectivity index (χ3v) is 4.89. The van der Waals surface area contributed by atoms with E-state index in [-0.39, 0.29) is 11.8 Å². The Morgan fingerprint density at radius 2 is 1.92 bits per heavy atom. The van der Waals surface area contributed by atoms with E-state index in [1.54, 1.807) is 41.0 Å². The van der Waals surface area contributed by atoms with Gasteiger partial charge in [-0.1, -0.05) is 42.8 Å². The van der Waals surface area contributed by atoms with Crippen LogP contribution in [0.3, 0.4) is 0 Å². The van der Waals surface area contributed by atoms with Crippen molar-refractivity contribution in [1.29, 1.82) is 0 Å². The van der Waals surface area contributed by atoms with Crippen molar-refractivity contribution in [1.82, 2.24) is 4.90 Å². The highest BCUT2D eigenvalue weighted by Gasteiger charge is 2.35. The molecule has 2 aromatic carbocycles. The lowest BCUT2D eigenvalue weighted by Gasteiger charge is -2.39. The fraction of sp³-hybridized carbons (Fsp3) is 0.300. The first-order chi connectivity index (χ1) is 12.0. The van der Waals surface area contributed by atoms with Crippen LogP contribution in [-0.2, 0) is 11.2 Å². The zero-order valence-electron chi connectivity index (χ0n) is 14.4. The Morgan fingerprint density at radius 3 is 2.64 bits per heavy atom. The molecular weight excluding hydrogens is 336 g/mol. The highest BCUT2D eigenvalue weighted by molar-refractivity contribution is 6.31. The largest absolute Gasteiger partial charge is 0.325 e. The number of hydrogen-bond donors (Lipinski definition) is 0. The van der Waals surface area contributed by atoms with Gasteiger partial charge in [-0.3, -0.25) is 9.59 Å². The average molecular weight is 357 g/mol. The summed E-state index contributed by atoms with van der Waals surface area (Å²) in [6, 6.07) is 14.3. The molecule has 2 aromatic rings. The Kier molecular flexibility index (Phi) is 5.09. The van der Waals surface area contributed by atoms with Crippen molar-refractivity contribution in [2.24, 2.45) is 0 Å². The smallest absolute Gasteiger partial charge is 0.254 e. The zero-order chi connectivity index (χ0) is 18.0. The van der Waals surface area contributed by atoms with E-state index in [0.717, 1.165) is 17.7 Å². The predicted molar refractivity (Wildman–Crippen MR) is 100 cm³/mol. The molecule has 0 spiro atoms. The lowest BCUT2D eigenvalue weighted by atomic mass is 10.1. The third kappa shape index (κ3) is 3.40. The number of para-hydroxylation sites is 1. The quantitative estimate of drug-likeness (QED) is 0.839. The van der Waals surface area contributed by atoms with Gasteiger partial charge in [-0.25, -0.2) is 0 Å². The summed E-state index contributed by atoms with van der Waals surface area (Å²) in [4.78, 5) is 29.1. The van der Waals surface area contributed by atoms with E-state index in [0.29, 0.717) is 23.7 Å². The number of halogens is 1. The van der Waals surface area contributed by atoms with Crippen molar-refractivity contribution in [2.75, 3.05) is 18.0 Å². The molecule has 1 aliphatic heterocycles. The van der Waals surface area contributed by atoms with Gasteiger partial charge in [-0.05, 0) is 43.2 Å². The Bertz CT molecular complexity index is 806. The van der Waals surface area contributed by atoms with Gasteiger partial charge in [-0.15, -0.1) is 0 Å². The number of amides is 2. The first-order valence-corrected chi connectivity index (χ1v) is 8.86. The average Bonchev–Trinajstić information content (AvgIpc) is 2.63. The highest BCUT2D eigenvalue weighted by atomic mass is 35.5. The number of carbonyl (C=O) groups excluding carboxylic acids is 2. The molecule has 0 radical (unpaired) electrons. The Hall–Kier alpha value is -2.33. The van der Waals surface area contributed by atoms with Gasteiger partial charge in [0.15, 0.2) is 0 Å². The Labute approximate surface area is 153 Å². The molecule has 1 heterocycles. The third-order valence-electron chi connectivity index (χ3n) is 4.65. The van der Waals surface area contributed by atoms with Crippen LogP contribution in [-0.4, -0.2) is 35.8 Å². The molecule has 2 amide bonds. The number of aryl methyl sites for hydroxylation is 1. The normalized spacial score (nSPS) is 17.7. The van der Waals surface area contributed by atoms with Crippen molar-refractivity contribution in [3.8, 4) is 0 Å². The monoisotopic (exact) mass is 356 g/mol. The van der Waals surface area contributed by atoms with E-state index in [1.165, 1.54) is 0 Å². The van der Waals surface area contributed by atoms with E-state index in [9.17, 15) is 9.59 Å². The summed E-state index contributed by atoms with van der Waals surface area (Å²) >= 11 is 5.98. The van der Waals surface area contributed by atoms with Gasteiger partial charge in [0.25, 0.3) is 5.91 Å². The van der Waals surface area contributed by atoms with Crippen LogP contribution in [0.1, 0.15) is 29.8 Å². The van der Waals surface area contributed by atoms with Crippen LogP contribution in [0.25, 0.3) is 0 Å². The summed E-state index contributed by atoms with van der Waals surface area (Å²) < 4.78 is 0. The number of rotatable bonds is 3. The lowest BCUT2D eigenvalue weighted by molar-refractivity contribution is -0.124. The van der Waals surface area contributed by atoms with E-state index in [4.69, 9.17) is 11.6 Å². The van der Waals surface area contributed by atoms with Gasteiger partial charge in [0.05, 0.1) is 0 Å². The summed E-state index contributed by atoms with van der Waals surface area (Å²) in [6.45, 7) is 4.85. The highest BCUT2D eigenvalue weighted by Crippen LogP contribution is 2.26. The van der Waals surface area contributed by atoms with Crippen molar-refractivity contribution in [2.45, 2.75) is 26.3 Å². The van der Waals surface area contributed by atoms with E-state index >= 15 is 0 Å². The molecule has 5 heteroatoms. The van der Waals surface area contributed by atoms with Gasteiger partial charge in [0, 0.05) is 29.4 Å². The number of nitrogens with zero attached hydrogens (tertiary/aromatic N) is 2. The van der Waals surface area contributed by atoms with Crippen LogP contribution < -0.4 is 4.90 Å². The summed E-state index contributed by atoms with van der Waals surface area (Å²) in [7, 11) is 0. The van der Waals surface area contributed by atoms with Crippen LogP contribution in [0.15, 0.2) is 48.5 Å². The second-order valence-corrected chi connectivity index (χ2v) is 6.59. The molecule has 1 aliphatic rings. The minimum atomic E-state index is -0.509. The molecule has 0 saturated carbocycles. The van der Waals surface area contributed by atoms with Gasteiger partial charge < -0.3 is 9.80 Å². The van der Waals surface area contributed by atoms with E-state index in [2.05, 4.69) is 6.92 Å². The topological polar surface area (TPSA) is 40.6 Å². The Morgan fingerprint density at radius 1 is 1.16 bits per heavy atom. The van der Waals surface area contributed by atoms with Crippen LogP contribution in [0.2, 0.25) is 5.02 Å². The number of hydrogen-bond acceptors (Lipinski definition) is 2. The first-order valence-electron chi connectivity index (χ1n) is 8.48. The van der Waals surface area contributed by atoms with Gasteiger partial charge >= 0.3 is 0 Å². The van der Waals surface area contributed by atoms with E-state index in [1.807, 2.05) is 24.3 Å². The molecule has 0 aliphatic carbocycles. The van der Waals surface area contributed by atoms with Crippen LogP contribution in [0, 0.1) is 0 Å². The molecule has 0 N–H and O–H groups in total. The molecule has 1 atom stereocenters. The summed E-state index contributed by atoms with van der Waals surface area (Å²) in [5.41, 5.74) is 2.59. The second-order valence-electron chi connectivity index (χ2n) is 6.16. The molecule has 4 nitrogen and oxygen atoms in total. The Balaban J connectivity index is 1.83. The minimum absolute atomic E-state index is 0.0532. The van der Waals surface area contributed by atoms with Crippen LogP contribution in [0.5, 0.6) is 0 Å². The summed E-state index contributed by atoms with van der Waals surface area (Å²) in [6.07, 6.45) is 0.861. The molecule has 0 aromatic heterocycles. The zero-order valence-corrected chi connectivity index (χ0v) is 15.2. The molecule has 130 valence electrons. The number of carbonyl (C=O) groups is 2. The maximum absolute atomic E-state index is 12.9. The standard InChI is InChI=1S/C20H21ClN2O2/c1-3-15-7-4-5-10-18(15)23-12-11-22(14(2)19(23)24)20(25)16-8-6-9-17(21)13-16/h4-10,13-14H,3,11-12H2,1-2H3. The molecule has 3 rings (SSSR count). The first kappa shape index (κ1) is 17.5. The lowest BCUT2D eigenvalue weighted by Crippen LogP contribution is -2.58. The fourth-order valence-corrected chi connectivity index (χ4v) is 3.44. The molecule has 1 unspecified atom stereocenters. The predicted octanol–water partition coefficient (Wildman–Crippen LogP) is 3.78. The van der Waals surface area contributed by atoms with Crippen molar-refractivity contribution < 1.29 is 9.59 Å². The minimum Gasteiger partial charge on any atom is -0.325 e. The van der Waals surface area contributed by atoms with Crippen molar-refractivity contribution in [3.63, 3.8) is 0 Å². The SMILES string of the molecule is CCc1ccccc1N1CCN(C(=O)c2cccc(Cl)c2)C(C)C1=O. The molecule has 1 saturated heterocycles. The number of piperazine rings is 1. The van der Waals surface area contributed by atoms with Gasteiger partial charge in [-0.2, -0.15) is 0 Å². The van der Waals surface area contributed by atoms with Crippen molar-refractivity contribution >= 4 is 29.1 Å². The van der Waals surface area contributed by atoms with Gasteiger partial charge in [0.2, 0.25) is 5.91 Å². The van der Waals surface area contributed by atoms with Crippen LogP contribution in [0.4, 0.5) is 5.69 Å². The van der Waals surface area contributed by atoms with Crippen molar-refractivity contribution in [3.05, 3.63) is 64.7 Å². The van der Waals surface area contributed by atoms with E-state index < -0.39 is 6.04 Å². The second kappa shape index (κ2) is 7.28. The number of anilines is 1. The molecule has 1 fully saturated rings. The molecular formula is C20H21ClN2O2. The summed E-state index contributed by atoms with van der Waals surface area (Å²) in [5, 5.41) is 0.514. The molecule has 25 heavy (non-hydrogen) atoms. The molecule has 0 bridgehead atoms. The fourth-order valence-electron chi connectivity index (χ4n) is 3.25. The maximum atomic E-state index is 12.9. The van der Waals surface area contributed by atoms with Gasteiger partial charge in [0.1, 0.15) is 6.04 Å². The van der Waals surface area contributed by atoms with Crippen LogP contribution >= 0.6 is 11.6 Å². The maximum Gasteiger partial charge on any atom is 0.254 e. The number of benzene rings is 2.